The number of aliphatic carboxylic acids is 1. The summed E-state index contributed by atoms with van der Waals surface area (Å²) in [6.45, 7) is 1.93. The van der Waals surface area contributed by atoms with Crippen LogP contribution in [0, 0.1) is 0 Å². The van der Waals surface area contributed by atoms with Gasteiger partial charge in [-0.1, -0.05) is 52.3 Å². The normalized spacial score (nSPS) is 11.9. The third-order valence-electron chi connectivity index (χ3n) is 2.94. The number of carboxylic acids is 1. The van der Waals surface area contributed by atoms with Gasteiger partial charge in [-0.05, 0) is 30.2 Å². The molecule has 3 nitrogen and oxygen atoms in total. The van der Waals surface area contributed by atoms with Gasteiger partial charge in [0.15, 0.2) is 0 Å². The van der Waals surface area contributed by atoms with Gasteiger partial charge in [-0.2, -0.15) is 0 Å². The Bertz CT molecular complexity index is 596. The van der Waals surface area contributed by atoms with Gasteiger partial charge in [0.05, 0.1) is 0 Å². The molecule has 20 heavy (non-hydrogen) atoms. The highest BCUT2D eigenvalue weighted by Crippen LogP contribution is 2.28. The zero-order valence-electron chi connectivity index (χ0n) is 11.0. The second-order valence-corrected chi connectivity index (χ2v) is 5.39. The lowest BCUT2D eigenvalue weighted by atomic mass is 10.1. The Balaban J connectivity index is 2.23. The molecule has 0 unspecified atom stereocenters. The average molecular weight is 334 g/mol. The zero-order valence-corrected chi connectivity index (χ0v) is 12.6. The number of halogens is 1. The van der Waals surface area contributed by atoms with Crippen LogP contribution in [0.15, 0.2) is 53.0 Å². The summed E-state index contributed by atoms with van der Waals surface area (Å²) in [6, 6.07) is 15.1. The van der Waals surface area contributed by atoms with Gasteiger partial charge < -0.3 is 14.6 Å². The molecule has 0 aliphatic heterocycles. The van der Waals surface area contributed by atoms with Crippen LogP contribution in [0.4, 0.5) is 0 Å². The maximum absolute atomic E-state index is 10.8. The number of benzene rings is 2. The predicted molar refractivity (Wildman–Crippen MR) is 78.3 cm³/mol. The van der Waals surface area contributed by atoms with Gasteiger partial charge in [-0.3, -0.25) is 0 Å². The summed E-state index contributed by atoms with van der Waals surface area (Å²) in [5.74, 6) is -0.565. The second kappa shape index (κ2) is 6.57. The van der Waals surface area contributed by atoms with Crippen molar-refractivity contribution in [1.29, 1.82) is 0 Å². The number of carbonyl (C=O) groups excluding carboxylic acids is 1. The van der Waals surface area contributed by atoms with Crippen LogP contribution in [0.3, 0.4) is 0 Å². The van der Waals surface area contributed by atoms with Crippen LogP contribution in [-0.4, -0.2) is 5.97 Å². The molecular formula is C16H14BrO3-. The molecule has 0 fully saturated rings. The summed E-state index contributed by atoms with van der Waals surface area (Å²) in [4.78, 5) is 10.8. The molecule has 1 atom stereocenters. The Hall–Kier alpha value is -1.81. The molecule has 2 aromatic carbocycles. The Morgan fingerprint density at radius 3 is 2.60 bits per heavy atom. The van der Waals surface area contributed by atoms with E-state index < -0.39 is 5.97 Å². The lowest BCUT2D eigenvalue weighted by Crippen LogP contribution is -2.24. The Labute approximate surface area is 126 Å². The molecule has 4 heteroatoms. The molecule has 104 valence electrons. The molecule has 0 heterocycles. The summed E-state index contributed by atoms with van der Waals surface area (Å²) in [6.07, 6.45) is -0.324. The van der Waals surface area contributed by atoms with Crippen molar-refractivity contribution in [2.24, 2.45) is 0 Å². The number of carbonyl (C=O) groups is 1. The quantitative estimate of drug-likeness (QED) is 0.845. The monoisotopic (exact) mass is 333 g/mol. The lowest BCUT2D eigenvalue weighted by molar-refractivity contribution is -0.304. The first-order chi connectivity index (χ1) is 9.56. The van der Waals surface area contributed by atoms with E-state index >= 15 is 0 Å². The fourth-order valence-electron chi connectivity index (χ4n) is 1.92. The van der Waals surface area contributed by atoms with Crippen molar-refractivity contribution in [1.82, 2.24) is 0 Å². The van der Waals surface area contributed by atoms with Crippen molar-refractivity contribution in [3.8, 4) is 5.75 Å². The van der Waals surface area contributed by atoms with Gasteiger partial charge >= 0.3 is 0 Å². The number of rotatable bonds is 5. The first kappa shape index (κ1) is 14.6. The molecule has 0 saturated carbocycles. The van der Waals surface area contributed by atoms with Crippen LogP contribution >= 0.6 is 15.9 Å². The molecule has 2 rings (SSSR count). The van der Waals surface area contributed by atoms with E-state index in [4.69, 9.17) is 4.74 Å². The van der Waals surface area contributed by atoms with E-state index in [1.165, 1.54) is 0 Å². The minimum Gasteiger partial charge on any atom is -0.550 e. The highest BCUT2D eigenvalue weighted by molar-refractivity contribution is 9.10. The predicted octanol–water partition coefficient (Wildman–Crippen LogP) is 2.88. The summed E-state index contributed by atoms with van der Waals surface area (Å²) >= 11 is 3.37. The standard InChI is InChI=1S/C16H15BrO3/c1-11(12-5-3-2-4-6-12)20-15-10-14(17)8-7-13(15)9-16(18)19/h2-8,10-11H,9H2,1H3,(H,18,19)/p-1/t11-/m1/s1. The van der Waals surface area contributed by atoms with Crippen molar-refractivity contribution < 1.29 is 14.6 Å². The van der Waals surface area contributed by atoms with Gasteiger partial charge in [-0.15, -0.1) is 0 Å². The highest BCUT2D eigenvalue weighted by atomic mass is 79.9. The summed E-state index contributed by atoms with van der Waals surface area (Å²) in [7, 11) is 0. The maximum Gasteiger partial charge on any atom is 0.124 e. The van der Waals surface area contributed by atoms with Crippen molar-refractivity contribution in [3.05, 3.63) is 64.1 Å². The van der Waals surface area contributed by atoms with E-state index in [1.54, 1.807) is 18.2 Å². The van der Waals surface area contributed by atoms with E-state index in [0.717, 1.165) is 10.0 Å². The zero-order chi connectivity index (χ0) is 14.5. The first-order valence-corrected chi connectivity index (χ1v) is 7.05. The van der Waals surface area contributed by atoms with Crippen LogP contribution in [-0.2, 0) is 11.2 Å². The number of ether oxygens (including phenoxy) is 1. The Kier molecular flexibility index (Phi) is 4.79. The second-order valence-electron chi connectivity index (χ2n) is 4.47. The van der Waals surface area contributed by atoms with Crippen LogP contribution < -0.4 is 9.84 Å². The largest absolute Gasteiger partial charge is 0.550 e. The molecule has 0 aromatic heterocycles. The van der Waals surface area contributed by atoms with Crippen molar-refractivity contribution >= 4 is 21.9 Å². The maximum atomic E-state index is 10.8. The molecule has 0 aliphatic carbocycles. The SMILES string of the molecule is C[C@@H](Oc1cc(Br)ccc1CC(=O)[O-])c1ccccc1. The molecule has 0 bridgehead atoms. The fourth-order valence-corrected chi connectivity index (χ4v) is 2.26. The van der Waals surface area contributed by atoms with Gasteiger partial charge in [0.25, 0.3) is 0 Å². The summed E-state index contributed by atoms with van der Waals surface area (Å²) < 4.78 is 6.73. The van der Waals surface area contributed by atoms with E-state index in [-0.39, 0.29) is 12.5 Å². The fraction of sp³-hybridized carbons (Fsp3) is 0.188. The van der Waals surface area contributed by atoms with Crippen LogP contribution in [0.25, 0.3) is 0 Å². The Morgan fingerprint density at radius 1 is 1.25 bits per heavy atom. The molecule has 0 radical (unpaired) electrons. The van der Waals surface area contributed by atoms with Gasteiger partial charge in [0.2, 0.25) is 0 Å². The molecule has 0 saturated heterocycles. The van der Waals surface area contributed by atoms with Gasteiger partial charge in [0, 0.05) is 16.9 Å². The van der Waals surface area contributed by atoms with E-state index in [0.29, 0.717) is 11.3 Å². The highest BCUT2D eigenvalue weighted by Gasteiger charge is 2.11. The van der Waals surface area contributed by atoms with Gasteiger partial charge in [0.1, 0.15) is 11.9 Å². The van der Waals surface area contributed by atoms with Crippen LogP contribution in [0.2, 0.25) is 0 Å². The Morgan fingerprint density at radius 2 is 1.95 bits per heavy atom. The van der Waals surface area contributed by atoms with Crippen LogP contribution in [0.5, 0.6) is 5.75 Å². The van der Waals surface area contributed by atoms with Crippen molar-refractivity contribution in [3.63, 3.8) is 0 Å². The van der Waals surface area contributed by atoms with Gasteiger partial charge in [-0.25, -0.2) is 0 Å². The van der Waals surface area contributed by atoms with Crippen LogP contribution in [0.1, 0.15) is 24.2 Å². The third kappa shape index (κ3) is 3.84. The molecule has 0 amide bonds. The molecular weight excluding hydrogens is 320 g/mol. The first-order valence-electron chi connectivity index (χ1n) is 6.26. The third-order valence-corrected chi connectivity index (χ3v) is 3.43. The summed E-state index contributed by atoms with van der Waals surface area (Å²) in [5, 5.41) is 10.8. The lowest BCUT2D eigenvalue weighted by Gasteiger charge is -2.18. The molecule has 0 spiro atoms. The minimum atomic E-state index is -1.12. The molecule has 0 N–H and O–H groups in total. The average Bonchev–Trinajstić information content (AvgIpc) is 2.42. The minimum absolute atomic E-state index is 0.161. The molecule has 0 aliphatic rings. The number of carboxylic acid groups (broad SMARTS) is 1. The molecule has 2 aromatic rings. The smallest absolute Gasteiger partial charge is 0.124 e. The van der Waals surface area contributed by atoms with E-state index in [1.807, 2.05) is 37.3 Å². The number of hydrogen-bond acceptors (Lipinski definition) is 3. The topological polar surface area (TPSA) is 49.4 Å². The van der Waals surface area contributed by atoms with E-state index in [9.17, 15) is 9.90 Å². The van der Waals surface area contributed by atoms with Crippen molar-refractivity contribution in [2.75, 3.05) is 0 Å². The summed E-state index contributed by atoms with van der Waals surface area (Å²) in [5.41, 5.74) is 1.64. The number of hydrogen-bond donors (Lipinski definition) is 0. The van der Waals surface area contributed by atoms with Crippen molar-refractivity contribution in [2.45, 2.75) is 19.4 Å². The van der Waals surface area contributed by atoms with E-state index in [2.05, 4.69) is 15.9 Å².